The Kier molecular flexibility index (Phi) is 6.48. The largest absolute Gasteiger partial charge is 0.497 e. The predicted molar refractivity (Wildman–Crippen MR) is 122 cm³/mol. The van der Waals surface area contributed by atoms with Crippen LogP contribution in [0.1, 0.15) is 71.1 Å². The number of hydrogen-bond acceptors (Lipinski definition) is 3. The van der Waals surface area contributed by atoms with Crippen LogP contribution in [0.3, 0.4) is 0 Å². The van der Waals surface area contributed by atoms with Crippen LogP contribution >= 0.6 is 11.6 Å². The standard InChI is InChI=1S/C26H29ClO3/c1-3-14-30-23-16-18-6-4-8-21(18)25-24(23)19(7-5-13-27)15-22(26(25)28)17-9-11-20(29-2)12-10-17/h9-12,15-16,19H,3-8,13-14H2,1-2H3. The van der Waals surface area contributed by atoms with E-state index in [2.05, 4.69) is 19.1 Å². The first kappa shape index (κ1) is 21.0. The zero-order valence-corrected chi connectivity index (χ0v) is 18.6. The first-order valence-corrected chi connectivity index (χ1v) is 11.5. The molecule has 0 aliphatic heterocycles. The molecule has 4 rings (SSSR count). The van der Waals surface area contributed by atoms with Crippen molar-refractivity contribution in [2.45, 2.75) is 51.4 Å². The van der Waals surface area contributed by atoms with Gasteiger partial charge in [-0.15, -0.1) is 11.6 Å². The van der Waals surface area contributed by atoms with Crippen LogP contribution in [0.2, 0.25) is 0 Å². The topological polar surface area (TPSA) is 35.5 Å². The number of halogens is 1. The average molecular weight is 425 g/mol. The first-order chi connectivity index (χ1) is 14.7. The van der Waals surface area contributed by atoms with Crippen molar-refractivity contribution in [2.24, 2.45) is 0 Å². The van der Waals surface area contributed by atoms with E-state index >= 15 is 0 Å². The lowest BCUT2D eigenvalue weighted by Gasteiger charge is -2.28. The molecule has 0 saturated heterocycles. The molecule has 0 fully saturated rings. The maximum Gasteiger partial charge on any atom is 0.194 e. The Morgan fingerprint density at radius 3 is 2.67 bits per heavy atom. The Bertz CT molecular complexity index is 959. The molecule has 1 atom stereocenters. The summed E-state index contributed by atoms with van der Waals surface area (Å²) >= 11 is 6.05. The van der Waals surface area contributed by atoms with Crippen molar-refractivity contribution in [2.75, 3.05) is 19.6 Å². The van der Waals surface area contributed by atoms with Crippen molar-refractivity contribution in [3.63, 3.8) is 0 Å². The molecule has 0 radical (unpaired) electrons. The fourth-order valence-corrected chi connectivity index (χ4v) is 4.86. The molecule has 2 aromatic carbocycles. The number of benzene rings is 2. The van der Waals surface area contributed by atoms with E-state index in [1.165, 1.54) is 11.1 Å². The highest BCUT2D eigenvalue weighted by molar-refractivity contribution is 6.31. The van der Waals surface area contributed by atoms with E-state index in [0.29, 0.717) is 12.5 Å². The summed E-state index contributed by atoms with van der Waals surface area (Å²) in [5.74, 6) is 2.55. The second-order valence-electron chi connectivity index (χ2n) is 8.08. The lowest BCUT2D eigenvalue weighted by atomic mass is 9.76. The van der Waals surface area contributed by atoms with Crippen LogP contribution in [0, 0.1) is 0 Å². The summed E-state index contributed by atoms with van der Waals surface area (Å²) < 4.78 is 11.5. The van der Waals surface area contributed by atoms with Crippen LogP contribution in [-0.2, 0) is 12.8 Å². The summed E-state index contributed by atoms with van der Waals surface area (Å²) in [6, 6.07) is 9.98. The fraction of sp³-hybridized carbons (Fsp3) is 0.423. The maximum atomic E-state index is 13.8. The third-order valence-electron chi connectivity index (χ3n) is 6.12. The smallest absolute Gasteiger partial charge is 0.194 e. The average Bonchev–Trinajstić information content (AvgIpc) is 3.25. The van der Waals surface area contributed by atoms with Gasteiger partial charge in [0.25, 0.3) is 0 Å². The van der Waals surface area contributed by atoms with Crippen LogP contribution in [0.15, 0.2) is 36.4 Å². The number of fused-ring (bicyclic) bond motifs is 3. The molecule has 0 aromatic heterocycles. The third kappa shape index (κ3) is 3.88. The minimum Gasteiger partial charge on any atom is -0.497 e. The van der Waals surface area contributed by atoms with Gasteiger partial charge in [0.15, 0.2) is 5.78 Å². The molecule has 2 aromatic rings. The number of allylic oxidation sites excluding steroid dienone is 2. The second kappa shape index (κ2) is 9.26. The van der Waals surface area contributed by atoms with Gasteiger partial charge in [-0.2, -0.15) is 0 Å². The zero-order valence-electron chi connectivity index (χ0n) is 17.8. The van der Waals surface area contributed by atoms with E-state index < -0.39 is 0 Å². The molecular formula is C26H29ClO3. The number of ketones is 1. The van der Waals surface area contributed by atoms with Gasteiger partial charge in [0.1, 0.15) is 11.5 Å². The molecular weight excluding hydrogens is 396 g/mol. The highest BCUT2D eigenvalue weighted by atomic mass is 35.5. The van der Waals surface area contributed by atoms with Crippen LogP contribution < -0.4 is 9.47 Å². The Labute approximate surface area is 184 Å². The van der Waals surface area contributed by atoms with Crippen LogP contribution in [-0.4, -0.2) is 25.4 Å². The van der Waals surface area contributed by atoms with Crippen molar-refractivity contribution in [3.05, 3.63) is 64.2 Å². The van der Waals surface area contributed by atoms with Crippen LogP contribution in [0.5, 0.6) is 11.5 Å². The van der Waals surface area contributed by atoms with Crippen LogP contribution in [0.25, 0.3) is 5.57 Å². The Balaban J connectivity index is 1.85. The summed E-state index contributed by atoms with van der Waals surface area (Å²) in [5.41, 5.74) is 6.20. The Morgan fingerprint density at radius 1 is 1.17 bits per heavy atom. The highest BCUT2D eigenvalue weighted by Gasteiger charge is 2.35. The lowest BCUT2D eigenvalue weighted by Crippen LogP contribution is -2.20. The molecule has 0 N–H and O–H groups in total. The fourth-order valence-electron chi connectivity index (χ4n) is 4.71. The van der Waals surface area contributed by atoms with E-state index in [0.717, 1.165) is 72.3 Å². The summed E-state index contributed by atoms with van der Waals surface area (Å²) in [6.45, 7) is 2.77. The van der Waals surface area contributed by atoms with Gasteiger partial charge < -0.3 is 9.47 Å². The quantitative estimate of drug-likeness (QED) is 0.463. The number of rotatable bonds is 8. The molecule has 0 amide bonds. The number of ether oxygens (including phenoxy) is 2. The van der Waals surface area contributed by atoms with E-state index in [4.69, 9.17) is 21.1 Å². The monoisotopic (exact) mass is 424 g/mol. The molecule has 2 aliphatic rings. The van der Waals surface area contributed by atoms with Crippen molar-refractivity contribution < 1.29 is 14.3 Å². The summed E-state index contributed by atoms with van der Waals surface area (Å²) in [6.07, 6.45) is 7.97. The maximum absolute atomic E-state index is 13.8. The van der Waals surface area contributed by atoms with Gasteiger partial charge in [0.2, 0.25) is 0 Å². The first-order valence-electron chi connectivity index (χ1n) is 11.0. The Hall–Kier alpha value is -2.26. The molecule has 0 heterocycles. The number of Topliss-reactive ketones (excluding diaryl/α,β-unsaturated/α-hetero) is 1. The van der Waals surface area contributed by atoms with E-state index in [1.54, 1.807) is 7.11 Å². The number of alkyl halides is 1. The van der Waals surface area contributed by atoms with E-state index in [9.17, 15) is 4.79 Å². The van der Waals surface area contributed by atoms with Gasteiger partial charge in [-0.1, -0.05) is 25.1 Å². The number of hydrogen-bond donors (Lipinski definition) is 0. The van der Waals surface area contributed by atoms with Crippen molar-refractivity contribution in [3.8, 4) is 11.5 Å². The summed E-state index contributed by atoms with van der Waals surface area (Å²) in [4.78, 5) is 13.8. The number of carbonyl (C=O) groups excluding carboxylic acids is 1. The second-order valence-corrected chi connectivity index (χ2v) is 8.46. The molecule has 3 nitrogen and oxygen atoms in total. The SMILES string of the molecule is CCCOc1cc2c(c3c1C(CCCCl)C=C(c1ccc(OC)cc1)C3=O)CCC2. The van der Waals surface area contributed by atoms with Crippen molar-refractivity contribution >= 4 is 23.0 Å². The molecule has 30 heavy (non-hydrogen) atoms. The summed E-state index contributed by atoms with van der Waals surface area (Å²) in [5, 5.41) is 0. The predicted octanol–water partition coefficient (Wildman–Crippen LogP) is 6.36. The van der Waals surface area contributed by atoms with Crippen LogP contribution in [0.4, 0.5) is 0 Å². The minimum atomic E-state index is 0.123. The van der Waals surface area contributed by atoms with Gasteiger partial charge in [0.05, 0.1) is 13.7 Å². The number of methoxy groups -OCH3 is 1. The molecule has 0 spiro atoms. The van der Waals surface area contributed by atoms with Crippen molar-refractivity contribution in [1.82, 2.24) is 0 Å². The molecule has 0 bridgehead atoms. The van der Waals surface area contributed by atoms with Crippen molar-refractivity contribution in [1.29, 1.82) is 0 Å². The lowest BCUT2D eigenvalue weighted by molar-refractivity contribution is 0.105. The molecule has 1 unspecified atom stereocenters. The zero-order chi connectivity index (χ0) is 21.1. The number of carbonyl (C=O) groups is 1. The van der Waals surface area contributed by atoms with Gasteiger partial charge in [-0.3, -0.25) is 4.79 Å². The van der Waals surface area contributed by atoms with Gasteiger partial charge in [-0.05, 0) is 73.4 Å². The van der Waals surface area contributed by atoms with Gasteiger partial charge in [-0.25, -0.2) is 0 Å². The summed E-state index contributed by atoms with van der Waals surface area (Å²) in [7, 11) is 1.65. The molecule has 0 saturated carbocycles. The van der Waals surface area contributed by atoms with Gasteiger partial charge >= 0.3 is 0 Å². The molecule has 4 heteroatoms. The highest BCUT2D eigenvalue weighted by Crippen LogP contribution is 2.46. The third-order valence-corrected chi connectivity index (χ3v) is 6.39. The normalized spacial score (nSPS) is 17.4. The minimum absolute atomic E-state index is 0.123. The molecule has 2 aliphatic carbocycles. The Morgan fingerprint density at radius 2 is 1.97 bits per heavy atom. The van der Waals surface area contributed by atoms with E-state index in [1.807, 2.05) is 24.3 Å². The van der Waals surface area contributed by atoms with E-state index in [-0.39, 0.29) is 11.7 Å². The molecule has 158 valence electrons. The number of aryl methyl sites for hydroxylation is 1. The van der Waals surface area contributed by atoms with Gasteiger partial charge in [0, 0.05) is 28.5 Å².